The van der Waals surface area contributed by atoms with Crippen LogP contribution in [0.3, 0.4) is 0 Å². The fourth-order valence-corrected chi connectivity index (χ4v) is 1.17. The van der Waals surface area contributed by atoms with Crippen molar-refractivity contribution in [1.29, 1.82) is 0 Å². The zero-order chi connectivity index (χ0) is 6.53. The zero-order valence-corrected chi connectivity index (χ0v) is 5.71. The van der Waals surface area contributed by atoms with Crippen molar-refractivity contribution in [2.45, 2.75) is 12.8 Å². The molecule has 0 bridgehead atoms. The SMILES string of the molecule is OCCN1CC[CH+]CC1. The van der Waals surface area contributed by atoms with Crippen LogP contribution in [0.25, 0.3) is 0 Å². The summed E-state index contributed by atoms with van der Waals surface area (Å²) in [6.07, 6.45) is 4.70. The smallest absolute Gasteiger partial charge is 0.100 e. The Morgan fingerprint density at radius 3 is 2.56 bits per heavy atom. The normalized spacial score (nSPS) is 21.4. The van der Waals surface area contributed by atoms with Gasteiger partial charge in [0.15, 0.2) is 0 Å². The summed E-state index contributed by atoms with van der Waals surface area (Å²) in [7, 11) is 0. The van der Waals surface area contributed by atoms with E-state index in [4.69, 9.17) is 5.11 Å². The summed E-state index contributed by atoms with van der Waals surface area (Å²) < 4.78 is 0. The molecule has 1 N–H and O–H groups in total. The molecule has 0 spiro atoms. The molecule has 1 heterocycles. The van der Waals surface area contributed by atoms with Crippen LogP contribution in [0.5, 0.6) is 0 Å². The van der Waals surface area contributed by atoms with E-state index in [9.17, 15) is 0 Å². The summed E-state index contributed by atoms with van der Waals surface area (Å²) in [5.41, 5.74) is 0. The minimum atomic E-state index is 0.306. The molecule has 1 fully saturated rings. The molecular weight excluding hydrogens is 114 g/mol. The van der Waals surface area contributed by atoms with Gasteiger partial charge in [-0.3, -0.25) is 4.90 Å². The molecular formula is C7H14NO+. The van der Waals surface area contributed by atoms with Gasteiger partial charge in [0.2, 0.25) is 0 Å². The summed E-state index contributed by atoms with van der Waals surface area (Å²) in [5, 5.41) is 8.57. The lowest BCUT2D eigenvalue weighted by atomic mass is 10.1. The maximum absolute atomic E-state index is 8.57. The summed E-state index contributed by atoms with van der Waals surface area (Å²) in [6.45, 7) is 3.44. The van der Waals surface area contributed by atoms with Crippen molar-refractivity contribution in [2.75, 3.05) is 26.2 Å². The van der Waals surface area contributed by atoms with Gasteiger partial charge in [-0.25, -0.2) is 0 Å². The average molecular weight is 128 g/mol. The lowest BCUT2D eigenvalue weighted by Crippen LogP contribution is -2.32. The van der Waals surface area contributed by atoms with Gasteiger partial charge >= 0.3 is 0 Å². The quantitative estimate of drug-likeness (QED) is 0.540. The van der Waals surface area contributed by atoms with Crippen molar-refractivity contribution in [3.63, 3.8) is 0 Å². The molecule has 0 aromatic heterocycles. The fourth-order valence-electron chi connectivity index (χ4n) is 1.17. The van der Waals surface area contributed by atoms with E-state index in [1.807, 2.05) is 0 Å². The van der Waals surface area contributed by atoms with Gasteiger partial charge in [-0.2, -0.15) is 0 Å². The topological polar surface area (TPSA) is 23.5 Å². The third kappa shape index (κ3) is 2.24. The molecule has 9 heavy (non-hydrogen) atoms. The predicted molar refractivity (Wildman–Crippen MR) is 37.1 cm³/mol. The Balaban J connectivity index is 2.08. The lowest BCUT2D eigenvalue weighted by Gasteiger charge is -2.20. The first-order valence-electron chi connectivity index (χ1n) is 3.58. The summed E-state index contributed by atoms with van der Waals surface area (Å²) in [6, 6.07) is 0. The highest BCUT2D eigenvalue weighted by molar-refractivity contribution is 4.75. The number of aliphatic hydroxyl groups is 1. The summed E-state index contributed by atoms with van der Waals surface area (Å²) >= 11 is 0. The number of β-amino-alcohol motifs (C(OH)–C–C–N with tert-alkyl or cyclic N) is 1. The van der Waals surface area contributed by atoms with Gasteiger partial charge in [0, 0.05) is 19.6 Å². The molecule has 0 aliphatic carbocycles. The molecule has 52 valence electrons. The van der Waals surface area contributed by atoms with Crippen molar-refractivity contribution in [3.8, 4) is 0 Å². The van der Waals surface area contributed by atoms with Gasteiger partial charge in [0.05, 0.1) is 13.0 Å². The Kier molecular flexibility index (Phi) is 2.87. The van der Waals surface area contributed by atoms with Gasteiger partial charge in [0.1, 0.15) is 12.8 Å². The highest BCUT2D eigenvalue weighted by atomic mass is 16.3. The van der Waals surface area contributed by atoms with Crippen LogP contribution in [-0.4, -0.2) is 36.2 Å². The maximum atomic E-state index is 8.57. The number of rotatable bonds is 2. The predicted octanol–water partition coefficient (Wildman–Crippen LogP) is 0.279. The molecule has 1 aliphatic heterocycles. The van der Waals surface area contributed by atoms with Gasteiger partial charge in [0.25, 0.3) is 0 Å². The average Bonchev–Trinajstić information content (AvgIpc) is 1.91. The van der Waals surface area contributed by atoms with E-state index in [2.05, 4.69) is 11.3 Å². The first-order valence-corrected chi connectivity index (χ1v) is 3.58. The first-order chi connectivity index (χ1) is 4.43. The van der Waals surface area contributed by atoms with E-state index >= 15 is 0 Å². The minimum absolute atomic E-state index is 0.306. The monoisotopic (exact) mass is 128 g/mol. The number of aliphatic hydroxyl groups excluding tert-OH is 1. The molecule has 0 saturated carbocycles. The largest absolute Gasteiger partial charge is 0.395 e. The van der Waals surface area contributed by atoms with Crippen LogP contribution >= 0.6 is 0 Å². The van der Waals surface area contributed by atoms with Crippen molar-refractivity contribution in [3.05, 3.63) is 6.42 Å². The second-order valence-corrected chi connectivity index (χ2v) is 2.43. The maximum Gasteiger partial charge on any atom is 0.100 e. The van der Waals surface area contributed by atoms with Crippen LogP contribution in [0, 0.1) is 6.42 Å². The summed E-state index contributed by atoms with van der Waals surface area (Å²) in [5.74, 6) is 0. The van der Waals surface area contributed by atoms with E-state index in [1.54, 1.807) is 0 Å². The number of nitrogens with zero attached hydrogens (tertiary/aromatic N) is 1. The molecule has 1 aliphatic rings. The van der Waals surface area contributed by atoms with E-state index in [-0.39, 0.29) is 0 Å². The minimum Gasteiger partial charge on any atom is -0.395 e. The number of likely N-dealkylation sites (tertiary alicyclic amines) is 1. The number of hydrogen-bond donors (Lipinski definition) is 1. The van der Waals surface area contributed by atoms with Gasteiger partial charge in [-0.05, 0) is 0 Å². The van der Waals surface area contributed by atoms with Crippen molar-refractivity contribution >= 4 is 0 Å². The Bertz CT molecular complexity index is 66.6. The van der Waals surface area contributed by atoms with Crippen LogP contribution in [0.2, 0.25) is 0 Å². The molecule has 0 atom stereocenters. The third-order valence-electron chi connectivity index (χ3n) is 1.72. The Morgan fingerprint density at radius 2 is 2.00 bits per heavy atom. The highest BCUT2D eigenvalue weighted by Crippen LogP contribution is 2.05. The Hall–Kier alpha value is -0.210. The van der Waals surface area contributed by atoms with E-state index in [0.29, 0.717) is 6.61 Å². The Morgan fingerprint density at radius 1 is 1.33 bits per heavy atom. The Labute approximate surface area is 56.5 Å². The highest BCUT2D eigenvalue weighted by Gasteiger charge is 2.13. The molecule has 0 radical (unpaired) electrons. The third-order valence-corrected chi connectivity index (χ3v) is 1.72. The van der Waals surface area contributed by atoms with Crippen LogP contribution in [0.15, 0.2) is 0 Å². The number of piperidine rings is 1. The van der Waals surface area contributed by atoms with Crippen molar-refractivity contribution in [1.82, 2.24) is 4.90 Å². The van der Waals surface area contributed by atoms with Gasteiger partial charge in [-0.15, -0.1) is 0 Å². The van der Waals surface area contributed by atoms with Crippen LogP contribution in [0.1, 0.15) is 12.8 Å². The van der Waals surface area contributed by atoms with Crippen LogP contribution < -0.4 is 0 Å². The van der Waals surface area contributed by atoms with Gasteiger partial charge < -0.3 is 5.11 Å². The molecule has 2 heteroatoms. The lowest BCUT2D eigenvalue weighted by molar-refractivity contribution is 0.186. The standard InChI is InChI=1S/C7H14NO/c9-7-6-8-4-2-1-3-5-8/h1,9H,2-7H2/q+1. The fraction of sp³-hybridized carbons (Fsp3) is 0.857. The van der Waals surface area contributed by atoms with Crippen molar-refractivity contribution in [2.24, 2.45) is 0 Å². The molecule has 1 rings (SSSR count). The molecule has 0 amide bonds. The van der Waals surface area contributed by atoms with E-state index in [1.165, 1.54) is 12.8 Å². The van der Waals surface area contributed by atoms with Crippen LogP contribution in [-0.2, 0) is 0 Å². The molecule has 2 nitrogen and oxygen atoms in total. The van der Waals surface area contributed by atoms with Crippen LogP contribution in [0.4, 0.5) is 0 Å². The van der Waals surface area contributed by atoms with Gasteiger partial charge in [-0.1, -0.05) is 0 Å². The van der Waals surface area contributed by atoms with E-state index < -0.39 is 0 Å². The molecule has 0 unspecified atom stereocenters. The molecule has 0 aromatic rings. The molecule has 1 saturated heterocycles. The zero-order valence-electron chi connectivity index (χ0n) is 5.71. The first kappa shape index (κ1) is 6.90. The van der Waals surface area contributed by atoms with E-state index in [0.717, 1.165) is 19.6 Å². The molecule has 0 aromatic carbocycles. The number of hydrogen-bond acceptors (Lipinski definition) is 2. The second-order valence-electron chi connectivity index (χ2n) is 2.43. The van der Waals surface area contributed by atoms with Crippen molar-refractivity contribution < 1.29 is 5.11 Å². The summed E-state index contributed by atoms with van der Waals surface area (Å²) in [4.78, 5) is 2.29. The second kappa shape index (κ2) is 3.75.